The molecule has 6 rings (SSSR count). The van der Waals surface area contributed by atoms with Crippen LogP contribution >= 0.6 is 0 Å². The molecule has 0 bridgehead atoms. The molecule has 1 saturated heterocycles. The fourth-order valence-electron chi connectivity index (χ4n) is 6.46. The quantitative estimate of drug-likeness (QED) is 0.0922. The average molecular weight is 730 g/mol. The van der Waals surface area contributed by atoms with Gasteiger partial charge in [-0.05, 0) is 33.7 Å². The number of hydrogen-bond acceptors (Lipinski definition) is 7. The van der Waals surface area contributed by atoms with Gasteiger partial charge in [-0.15, -0.1) is 0 Å². The third-order valence-electron chi connectivity index (χ3n) is 9.30. The molecule has 54 heavy (non-hydrogen) atoms. The minimum Gasteiger partial charge on any atom is -0.374 e. The van der Waals surface area contributed by atoms with Crippen molar-refractivity contribution in [2.45, 2.75) is 83.6 Å². The molecule has 5 aromatic rings. The van der Waals surface area contributed by atoms with Crippen LogP contribution in [0.25, 0.3) is 0 Å². The summed E-state index contributed by atoms with van der Waals surface area (Å²) >= 11 is 0. The Balaban J connectivity index is 1.31. The van der Waals surface area contributed by atoms with Gasteiger partial charge in [0.2, 0.25) is 0 Å². The number of rotatable bonds is 19. The second-order valence-electron chi connectivity index (χ2n) is 13.8. The van der Waals surface area contributed by atoms with E-state index in [-0.39, 0.29) is 25.0 Å². The van der Waals surface area contributed by atoms with E-state index in [0.29, 0.717) is 26.4 Å². The largest absolute Gasteiger partial charge is 0.374 e. The van der Waals surface area contributed by atoms with Gasteiger partial charge in [-0.2, -0.15) is 0 Å². The van der Waals surface area contributed by atoms with Crippen LogP contribution in [0.5, 0.6) is 0 Å². The highest BCUT2D eigenvalue weighted by molar-refractivity contribution is 5.81. The second-order valence-corrected chi connectivity index (χ2v) is 13.8. The van der Waals surface area contributed by atoms with E-state index in [0.717, 1.165) is 27.8 Å². The van der Waals surface area contributed by atoms with E-state index in [4.69, 9.17) is 28.4 Å². The number of nitrogens with one attached hydrogen (secondary N) is 1. The molecule has 0 unspecified atom stereocenters. The van der Waals surface area contributed by atoms with Crippen LogP contribution in [0.1, 0.15) is 41.7 Å². The van der Waals surface area contributed by atoms with Crippen molar-refractivity contribution in [1.29, 1.82) is 0 Å². The molecule has 8 nitrogen and oxygen atoms in total. The third kappa shape index (κ3) is 11.7. The molecule has 0 aromatic heterocycles. The Morgan fingerprint density at radius 1 is 0.537 bits per heavy atom. The highest BCUT2D eigenvalue weighted by atomic mass is 16.6. The lowest BCUT2D eigenvalue weighted by Crippen LogP contribution is -2.66. The lowest BCUT2D eigenvalue weighted by Gasteiger charge is -2.46. The van der Waals surface area contributed by atoms with Crippen LogP contribution in [-0.2, 0) is 66.3 Å². The van der Waals surface area contributed by atoms with Gasteiger partial charge < -0.3 is 33.7 Å². The molecule has 0 spiro atoms. The number of carbonyl (C=O) groups is 1. The van der Waals surface area contributed by atoms with E-state index in [1.807, 2.05) is 166 Å². The molecule has 0 saturated carbocycles. The second kappa shape index (κ2) is 20.7. The van der Waals surface area contributed by atoms with E-state index in [9.17, 15) is 4.79 Å². The minimum absolute atomic E-state index is 0.113. The van der Waals surface area contributed by atoms with Crippen molar-refractivity contribution in [3.63, 3.8) is 0 Å². The van der Waals surface area contributed by atoms with Gasteiger partial charge in [-0.3, -0.25) is 4.79 Å². The first kappa shape index (κ1) is 39.0. The number of amides is 1. The molecule has 1 heterocycles. The predicted molar refractivity (Wildman–Crippen MR) is 208 cm³/mol. The summed E-state index contributed by atoms with van der Waals surface area (Å²) in [6.07, 6.45) is -4.31. The Bertz CT molecular complexity index is 1780. The molecule has 0 aliphatic carbocycles. The van der Waals surface area contributed by atoms with Gasteiger partial charge in [0, 0.05) is 0 Å². The Kier molecular flexibility index (Phi) is 15.0. The zero-order chi connectivity index (χ0) is 37.4. The highest BCUT2D eigenvalue weighted by Crippen LogP contribution is 2.31. The fourth-order valence-corrected chi connectivity index (χ4v) is 6.46. The van der Waals surface area contributed by atoms with Crippen LogP contribution in [0.3, 0.4) is 0 Å². The van der Waals surface area contributed by atoms with Crippen LogP contribution in [0.15, 0.2) is 152 Å². The Morgan fingerprint density at radius 2 is 0.926 bits per heavy atom. The van der Waals surface area contributed by atoms with Crippen molar-refractivity contribution in [3.8, 4) is 0 Å². The summed E-state index contributed by atoms with van der Waals surface area (Å²) in [6, 6.07) is 49.8. The molecule has 1 N–H and O–H groups in total. The molecule has 1 aliphatic heterocycles. The van der Waals surface area contributed by atoms with Gasteiger partial charge in [-0.25, -0.2) is 0 Å². The summed E-state index contributed by atoms with van der Waals surface area (Å²) in [7, 11) is 0. The average Bonchev–Trinajstić information content (AvgIpc) is 3.21. The van der Waals surface area contributed by atoms with Gasteiger partial charge in [-0.1, -0.05) is 166 Å². The highest BCUT2D eigenvalue weighted by Gasteiger charge is 2.49. The lowest BCUT2D eigenvalue weighted by molar-refractivity contribution is -0.277. The van der Waals surface area contributed by atoms with E-state index in [1.54, 1.807) is 0 Å². The van der Waals surface area contributed by atoms with Crippen molar-refractivity contribution in [2.75, 3.05) is 6.61 Å². The zero-order valence-electron chi connectivity index (χ0n) is 31.1. The Hall–Kier alpha value is -4.67. The number of ether oxygens (including phenoxy) is 6. The molecule has 1 amide bonds. The lowest BCUT2D eigenvalue weighted by atomic mass is 9.96. The predicted octanol–water partition coefficient (Wildman–Crippen LogP) is 8.04. The van der Waals surface area contributed by atoms with Crippen molar-refractivity contribution in [3.05, 3.63) is 179 Å². The summed E-state index contributed by atoms with van der Waals surface area (Å²) < 4.78 is 39.7. The number of hydrogen-bond donors (Lipinski definition) is 1. The normalized spacial score (nSPS) is 20.4. The van der Waals surface area contributed by atoms with E-state index in [2.05, 4.69) is 5.32 Å². The van der Waals surface area contributed by atoms with E-state index in [1.165, 1.54) is 0 Å². The fraction of sp³-hybridized carbons (Fsp3) is 0.326. The van der Waals surface area contributed by atoms with E-state index < -0.39 is 36.7 Å². The Morgan fingerprint density at radius 3 is 1.37 bits per heavy atom. The van der Waals surface area contributed by atoms with Crippen LogP contribution < -0.4 is 5.32 Å². The summed E-state index contributed by atoms with van der Waals surface area (Å²) in [5.74, 6) is -0.410. The SMILES string of the molecule is CC(C)[C@@H](OCc1ccccc1)C(=O)N[C@@H]1O[C@H](COCc2ccccc2)[C@@H](OCc2ccccc2)[C@H](OCc2ccccc2)[C@H]1OCc1ccccc1. The maximum absolute atomic E-state index is 14.2. The summed E-state index contributed by atoms with van der Waals surface area (Å²) in [4.78, 5) is 14.2. The van der Waals surface area contributed by atoms with Crippen molar-refractivity contribution in [1.82, 2.24) is 5.32 Å². The molecular formula is C46H51NO7. The maximum atomic E-state index is 14.2. The first-order chi connectivity index (χ1) is 26.5. The monoisotopic (exact) mass is 729 g/mol. The van der Waals surface area contributed by atoms with Gasteiger partial charge in [0.25, 0.3) is 5.91 Å². The molecule has 5 aromatic carbocycles. The molecule has 6 atom stereocenters. The van der Waals surface area contributed by atoms with Gasteiger partial charge in [0.1, 0.15) is 30.5 Å². The summed E-state index contributed by atoms with van der Waals surface area (Å²) in [5, 5.41) is 3.18. The first-order valence-electron chi connectivity index (χ1n) is 18.7. The third-order valence-corrected chi connectivity index (χ3v) is 9.30. The van der Waals surface area contributed by atoms with Gasteiger partial charge >= 0.3 is 0 Å². The van der Waals surface area contributed by atoms with Crippen molar-refractivity contribution < 1.29 is 33.2 Å². The van der Waals surface area contributed by atoms with Crippen LogP contribution in [-0.4, -0.2) is 49.3 Å². The molecule has 8 heteroatoms. The molecule has 1 aliphatic rings. The molecule has 0 radical (unpaired) electrons. The zero-order valence-corrected chi connectivity index (χ0v) is 31.1. The van der Waals surface area contributed by atoms with E-state index >= 15 is 0 Å². The van der Waals surface area contributed by atoms with Crippen molar-refractivity contribution >= 4 is 5.91 Å². The van der Waals surface area contributed by atoms with Crippen LogP contribution in [0.4, 0.5) is 0 Å². The molecular weight excluding hydrogens is 679 g/mol. The Labute approximate surface area is 319 Å². The van der Waals surface area contributed by atoms with Gasteiger partial charge in [0.05, 0.1) is 39.6 Å². The van der Waals surface area contributed by atoms with Crippen LogP contribution in [0, 0.1) is 5.92 Å². The standard InChI is InChI=1S/C46H51NO7/c1-34(2)41(50-29-36-20-10-4-11-21-36)45(48)47-46-44(53-32-39-26-16-7-17-27-39)43(52-31-38-24-14-6-15-25-38)42(51-30-37-22-12-5-13-23-37)40(54-46)33-49-28-35-18-8-3-9-19-35/h3-27,34,40-44,46H,28-33H2,1-2H3,(H,47,48)/t40-,41-,42-,43+,44-,46-/m1/s1. The van der Waals surface area contributed by atoms with Crippen molar-refractivity contribution in [2.24, 2.45) is 5.92 Å². The molecule has 1 fully saturated rings. The topological polar surface area (TPSA) is 84.5 Å². The first-order valence-corrected chi connectivity index (χ1v) is 18.7. The minimum atomic E-state index is -0.912. The summed E-state index contributed by atoms with van der Waals surface area (Å²) in [6.45, 7) is 5.70. The van der Waals surface area contributed by atoms with Crippen LogP contribution in [0.2, 0.25) is 0 Å². The molecule has 282 valence electrons. The smallest absolute Gasteiger partial charge is 0.251 e. The summed E-state index contributed by atoms with van der Waals surface area (Å²) in [5.41, 5.74) is 5.01. The number of benzene rings is 5. The maximum Gasteiger partial charge on any atom is 0.251 e. The van der Waals surface area contributed by atoms with Gasteiger partial charge in [0.15, 0.2) is 6.23 Å². The number of carbonyl (C=O) groups excluding carboxylic acids is 1.